The minimum absolute atomic E-state index is 0.0409. The van der Waals surface area contributed by atoms with Crippen LogP contribution >= 0.6 is 11.3 Å². The SMILES string of the molecule is Cc1cc([N+](=O)[O-])ccc1NCc1csc([N+](=O)[O-])c1. The summed E-state index contributed by atoms with van der Waals surface area (Å²) in [7, 11) is 0. The fourth-order valence-corrected chi connectivity index (χ4v) is 2.44. The van der Waals surface area contributed by atoms with Gasteiger partial charge < -0.3 is 5.32 Å². The summed E-state index contributed by atoms with van der Waals surface area (Å²) in [6.07, 6.45) is 0. The molecule has 0 unspecified atom stereocenters. The summed E-state index contributed by atoms with van der Waals surface area (Å²) in [6.45, 7) is 2.20. The van der Waals surface area contributed by atoms with Crippen molar-refractivity contribution < 1.29 is 9.85 Å². The molecule has 1 aromatic heterocycles. The van der Waals surface area contributed by atoms with Crippen molar-refractivity contribution in [2.45, 2.75) is 13.5 Å². The average Bonchev–Trinajstić information content (AvgIpc) is 2.86. The van der Waals surface area contributed by atoms with Crippen LogP contribution in [0.3, 0.4) is 0 Å². The molecule has 8 heteroatoms. The van der Waals surface area contributed by atoms with E-state index < -0.39 is 9.85 Å². The lowest BCUT2D eigenvalue weighted by molar-refractivity contribution is -0.384. The first kappa shape index (κ1) is 13.9. The highest BCUT2D eigenvalue weighted by Gasteiger charge is 2.11. The molecule has 0 bridgehead atoms. The fourth-order valence-electron chi connectivity index (χ4n) is 1.71. The fraction of sp³-hybridized carbons (Fsp3) is 0.167. The van der Waals surface area contributed by atoms with Crippen LogP contribution in [0.4, 0.5) is 16.4 Å². The van der Waals surface area contributed by atoms with Gasteiger partial charge in [-0.15, -0.1) is 0 Å². The van der Waals surface area contributed by atoms with Gasteiger partial charge in [0.25, 0.3) is 5.69 Å². The van der Waals surface area contributed by atoms with Crippen molar-refractivity contribution in [3.05, 3.63) is 61.0 Å². The minimum Gasteiger partial charge on any atom is -0.381 e. The number of thiophene rings is 1. The Morgan fingerprint density at radius 1 is 1.20 bits per heavy atom. The summed E-state index contributed by atoms with van der Waals surface area (Å²) in [5, 5.41) is 26.1. The topological polar surface area (TPSA) is 98.3 Å². The van der Waals surface area contributed by atoms with E-state index in [0.29, 0.717) is 6.54 Å². The number of anilines is 1. The van der Waals surface area contributed by atoms with Crippen molar-refractivity contribution >= 4 is 27.7 Å². The van der Waals surface area contributed by atoms with Crippen LogP contribution in [-0.2, 0) is 6.54 Å². The summed E-state index contributed by atoms with van der Waals surface area (Å²) in [4.78, 5) is 20.3. The summed E-state index contributed by atoms with van der Waals surface area (Å²) in [5.41, 5.74) is 2.37. The van der Waals surface area contributed by atoms with Crippen molar-refractivity contribution in [1.82, 2.24) is 0 Å². The zero-order valence-electron chi connectivity index (χ0n) is 10.5. The Morgan fingerprint density at radius 3 is 2.50 bits per heavy atom. The summed E-state index contributed by atoms with van der Waals surface area (Å²) in [5.74, 6) is 0. The molecule has 0 saturated carbocycles. The van der Waals surface area contributed by atoms with E-state index in [1.807, 2.05) is 0 Å². The first-order valence-electron chi connectivity index (χ1n) is 5.68. The molecule has 0 amide bonds. The Morgan fingerprint density at radius 2 is 1.95 bits per heavy atom. The Balaban J connectivity index is 2.06. The normalized spacial score (nSPS) is 10.2. The lowest BCUT2D eigenvalue weighted by Gasteiger charge is -2.08. The summed E-state index contributed by atoms with van der Waals surface area (Å²) >= 11 is 1.07. The van der Waals surface area contributed by atoms with E-state index in [1.165, 1.54) is 18.2 Å². The third kappa shape index (κ3) is 3.09. The second-order valence-electron chi connectivity index (χ2n) is 4.16. The molecule has 1 aromatic carbocycles. The first-order chi connectivity index (χ1) is 9.47. The molecule has 0 spiro atoms. The number of hydrogen-bond donors (Lipinski definition) is 1. The molecule has 0 aliphatic heterocycles. The maximum absolute atomic E-state index is 10.6. The quantitative estimate of drug-likeness (QED) is 0.672. The van der Waals surface area contributed by atoms with E-state index in [1.54, 1.807) is 18.4 Å². The predicted octanol–water partition coefficient (Wildman–Crippen LogP) is 3.49. The highest BCUT2D eigenvalue weighted by molar-refractivity contribution is 7.13. The van der Waals surface area contributed by atoms with Crippen LogP contribution in [0, 0.1) is 27.2 Å². The second-order valence-corrected chi connectivity index (χ2v) is 5.05. The van der Waals surface area contributed by atoms with Gasteiger partial charge in [-0.1, -0.05) is 11.3 Å². The van der Waals surface area contributed by atoms with Crippen LogP contribution in [0.5, 0.6) is 0 Å². The van der Waals surface area contributed by atoms with Gasteiger partial charge in [-0.3, -0.25) is 20.2 Å². The van der Waals surface area contributed by atoms with Crippen molar-refractivity contribution in [1.29, 1.82) is 0 Å². The van der Waals surface area contributed by atoms with Gasteiger partial charge >= 0.3 is 5.00 Å². The standard InChI is InChI=1S/C12H11N3O4S/c1-8-4-10(14(16)17)2-3-11(8)13-6-9-5-12(15(18)19)20-7-9/h2-5,7,13H,6H2,1H3. The number of benzene rings is 1. The molecule has 7 nitrogen and oxygen atoms in total. The van der Waals surface area contributed by atoms with Crippen molar-refractivity contribution in [3.63, 3.8) is 0 Å². The van der Waals surface area contributed by atoms with Crippen molar-refractivity contribution in [2.75, 3.05) is 5.32 Å². The molecule has 0 atom stereocenters. The molecule has 0 fully saturated rings. The molecule has 104 valence electrons. The van der Waals surface area contributed by atoms with E-state index >= 15 is 0 Å². The Bertz CT molecular complexity index is 668. The molecule has 1 N–H and O–H groups in total. The Labute approximate surface area is 118 Å². The molecular formula is C12H11N3O4S. The van der Waals surface area contributed by atoms with Crippen LogP contribution in [0.15, 0.2) is 29.6 Å². The molecule has 0 aliphatic rings. The van der Waals surface area contributed by atoms with Gasteiger partial charge in [-0.05, 0) is 24.1 Å². The lowest BCUT2D eigenvalue weighted by atomic mass is 10.1. The number of hydrogen-bond acceptors (Lipinski definition) is 6. The van der Waals surface area contributed by atoms with E-state index in [9.17, 15) is 20.2 Å². The summed E-state index contributed by atoms with van der Waals surface area (Å²) in [6, 6.07) is 6.05. The van der Waals surface area contributed by atoms with Crippen molar-refractivity contribution in [2.24, 2.45) is 0 Å². The molecule has 1 heterocycles. The number of nitrogens with zero attached hydrogens (tertiary/aromatic N) is 2. The van der Waals surface area contributed by atoms with Gasteiger partial charge in [-0.25, -0.2) is 0 Å². The van der Waals surface area contributed by atoms with Gasteiger partial charge in [0.15, 0.2) is 0 Å². The Kier molecular flexibility index (Phi) is 3.94. The number of nitro benzene ring substituents is 1. The van der Waals surface area contributed by atoms with Gasteiger partial charge in [0.05, 0.1) is 9.85 Å². The molecule has 20 heavy (non-hydrogen) atoms. The van der Waals surface area contributed by atoms with Crippen LogP contribution in [0.25, 0.3) is 0 Å². The number of rotatable bonds is 5. The number of aryl methyl sites for hydroxylation is 1. The van der Waals surface area contributed by atoms with E-state index in [2.05, 4.69) is 5.32 Å². The maximum atomic E-state index is 10.6. The third-order valence-corrected chi connectivity index (χ3v) is 3.65. The Hall–Kier alpha value is -2.48. The van der Waals surface area contributed by atoms with Crippen LogP contribution in [0.2, 0.25) is 0 Å². The first-order valence-corrected chi connectivity index (χ1v) is 6.56. The van der Waals surface area contributed by atoms with Crippen LogP contribution in [-0.4, -0.2) is 9.85 Å². The predicted molar refractivity (Wildman–Crippen MR) is 76.1 cm³/mol. The maximum Gasteiger partial charge on any atom is 0.324 e. The number of nitrogens with one attached hydrogen (secondary N) is 1. The summed E-state index contributed by atoms with van der Waals surface area (Å²) < 4.78 is 0. The number of nitro groups is 2. The second kappa shape index (κ2) is 5.66. The van der Waals surface area contributed by atoms with Gasteiger partial charge in [-0.2, -0.15) is 0 Å². The van der Waals surface area contributed by atoms with Crippen molar-refractivity contribution in [3.8, 4) is 0 Å². The van der Waals surface area contributed by atoms with Gasteiger partial charge in [0, 0.05) is 35.8 Å². The molecular weight excluding hydrogens is 282 g/mol. The monoisotopic (exact) mass is 293 g/mol. The molecule has 2 rings (SSSR count). The molecule has 2 aromatic rings. The number of non-ortho nitro benzene ring substituents is 1. The third-order valence-electron chi connectivity index (χ3n) is 2.72. The molecule has 0 saturated heterocycles. The molecule has 0 radical (unpaired) electrons. The van der Waals surface area contributed by atoms with Crippen LogP contribution < -0.4 is 5.32 Å². The highest BCUT2D eigenvalue weighted by atomic mass is 32.1. The highest BCUT2D eigenvalue weighted by Crippen LogP contribution is 2.25. The minimum atomic E-state index is -0.445. The smallest absolute Gasteiger partial charge is 0.324 e. The van der Waals surface area contributed by atoms with E-state index in [-0.39, 0.29) is 10.7 Å². The van der Waals surface area contributed by atoms with Gasteiger partial charge in [0.2, 0.25) is 0 Å². The molecule has 0 aliphatic carbocycles. The zero-order valence-corrected chi connectivity index (χ0v) is 11.3. The zero-order chi connectivity index (χ0) is 14.7. The van der Waals surface area contributed by atoms with E-state index in [0.717, 1.165) is 28.2 Å². The average molecular weight is 293 g/mol. The lowest BCUT2D eigenvalue weighted by Crippen LogP contribution is -2.00. The van der Waals surface area contributed by atoms with E-state index in [4.69, 9.17) is 0 Å². The largest absolute Gasteiger partial charge is 0.381 e. The van der Waals surface area contributed by atoms with Crippen LogP contribution in [0.1, 0.15) is 11.1 Å². The van der Waals surface area contributed by atoms with Gasteiger partial charge in [0.1, 0.15) is 0 Å².